The summed E-state index contributed by atoms with van der Waals surface area (Å²) in [5, 5.41) is 3.05. The van der Waals surface area contributed by atoms with E-state index in [-0.39, 0.29) is 12.0 Å². The number of amides is 2. The third-order valence-corrected chi connectivity index (χ3v) is 4.90. The molecule has 6 heteroatoms. The Bertz CT molecular complexity index is 457. The molecule has 1 saturated heterocycles. The number of hydrogen-bond acceptors (Lipinski definition) is 4. The second-order valence-corrected chi connectivity index (χ2v) is 8.36. The normalized spacial score (nSPS) is 21.8. The molecular weight excluding hydrogens is 318 g/mol. The number of nitrogens with zero attached hydrogens (tertiary/aromatic N) is 2. The first-order chi connectivity index (χ1) is 11.8. The van der Waals surface area contributed by atoms with Gasteiger partial charge < -0.3 is 15.0 Å². The molecular formula is C19H35N3O3. The summed E-state index contributed by atoms with van der Waals surface area (Å²) in [6.45, 7) is 11.4. The van der Waals surface area contributed by atoms with Crippen LogP contribution in [0.15, 0.2) is 0 Å². The van der Waals surface area contributed by atoms with Crippen molar-refractivity contribution in [3.8, 4) is 0 Å². The highest BCUT2D eigenvalue weighted by Gasteiger charge is 2.28. The minimum Gasteiger partial charge on any atom is -0.444 e. The number of carbonyl (C=O) groups is 2. The highest BCUT2D eigenvalue weighted by Crippen LogP contribution is 2.27. The molecule has 0 aromatic rings. The first-order valence-corrected chi connectivity index (χ1v) is 9.77. The number of likely N-dealkylation sites (N-methyl/N-ethyl adjacent to an activating group) is 1. The molecule has 2 fully saturated rings. The van der Waals surface area contributed by atoms with Gasteiger partial charge >= 0.3 is 6.09 Å². The lowest BCUT2D eigenvalue weighted by Gasteiger charge is -2.30. The Labute approximate surface area is 152 Å². The van der Waals surface area contributed by atoms with E-state index in [4.69, 9.17) is 4.74 Å². The highest BCUT2D eigenvalue weighted by molar-refractivity contribution is 5.78. The summed E-state index contributed by atoms with van der Waals surface area (Å²) in [5.41, 5.74) is -0.460. The Balaban J connectivity index is 1.80. The Morgan fingerprint density at radius 2 is 1.88 bits per heavy atom. The monoisotopic (exact) mass is 353 g/mol. The third kappa shape index (κ3) is 7.22. The van der Waals surface area contributed by atoms with E-state index >= 15 is 0 Å². The van der Waals surface area contributed by atoms with Gasteiger partial charge in [0.1, 0.15) is 5.60 Å². The minimum atomic E-state index is -0.460. The van der Waals surface area contributed by atoms with Gasteiger partial charge in [-0.15, -0.1) is 0 Å². The maximum Gasteiger partial charge on any atom is 0.410 e. The highest BCUT2D eigenvalue weighted by atomic mass is 16.6. The van der Waals surface area contributed by atoms with Crippen LogP contribution in [0, 0.1) is 5.92 Å². The summed E-state index contributed by atoms with van der Waals surface area (Å²) in [6.07, 6.45) is 5.14. The van der Waals surface area contributed by atoms with Crippen molar-refractivity contribution in [2.45, 2.75) is 71.4 Å². The first-order valence-electron chi connectivity index (χ1n) is 9.77. The molecule has 2 rings (SSSR count). The van der Waals surface area contributed by atoms with Crippen molar-refractivity contribution in [2.75, 3.05) is 32.7 Å². The summed E-state index contributed by atoms with van der Waals surface area (Å²) in [4.78, 5) is 28.5. The molecule has 0 spiro atoms. The zero-order valence-corrected chi connectivity index (χ0v) is 16.3. The largest absolute Gasteiger partial charge is 0.444 e. The Kier molecular flexibility index (Phi) is 7.11. The summed E-state index contributed by atoms with van der Waals surface area (Å²) < 4.78 is 5.49. The summed E-state index contributed by atoms with van der Waals surface area (Å²) in [6, 6.07) is 0.351. The van der Waals surface area contributed by atoms with Crippen molar-refractivity contribution in [3.05, 3.63) is 0 Å². The van der Waals surface area contributed by atoms with Crippen molar-refractivity contribution < 1.29 is 14.3 Å². The van der Waals surface area contributed by atoms with E-state index < -0.39 is 5.60 Å². The SMILES string of the molecule is CCN(CC(=O)NCC1CC1)[C@@H]1CCCN(C(=O)OC(C)(C)C)CC1. The topological polar surface area (TPSA) is 61.9 Å². The number of likely N-dealkylation sites (tertiary alicyclic amines) is 1. The van der Waals surface area contributed by atoms with Crippen LogP contribution in [0.25, 0.3) is 0 Å². The van der Waals surface area contributed by atoms with Gasteiger partial charge in [0.25, 0.3) is 0 Å². The van der Waals surface area contributed by atoms with E-state index in [0.717, 1.165) is 38.9 Å². The van der Waals surface area contributed by atoms with Gasteiger partial charge in [-0.3, -0.25) is 9.69 Å². The molecule has 1 heterocycles. The van der Waals surface area contributed by atoms with Crippen molar-refractivity contribution in [1.29, 1.82) is 0 Å². The van der Waals surface area contributed by atoms with Crippen LogP contribution in [0.1, 0.15) is 59.8 Å². The van der Waals surface area contributed by atoms with Gasteiger partial charge in [0, 0.05) is 25.7 Å². The van der Waals surface area contributed by atoms with Crippen LogP contribution >= 0.6 is 0 Å². The fourth-order valence-electron chi connectivity index (χ4n) is 3.27. The number of carbonyl (C=O) groups excluding carboxylic acids is 2. The summed E-state index contributed by atoms with van der Waals surface area (Å²) in [5.74, 6) is 0.835. The second-order valence-electron chi connectivity index (χ2n) is 8.36. The molecule has 1 atom stereocenters. The molecule has 6 nitrogen and oxygen atoms in total. The van der Waals surface area contributed by atoms with Crippen LogP contribution in [-0.2, 0) is 9.53 Å². The molecule has 144 valence electrons. The van der Waals surface area contributed by atoms with Gasteiger partial charge in [0.2, 0.25) is 5.91 Å². The Hall–Kier alpha value is -1.30. The molecule has 0 bridgehead atoms. The van der Waals surface area contributed by atoms with Crippen molar-refractivity contribution in [3.63, 3.8) is 0 Å². The molecule has 0 aromatic carbocycles. The maximum absolute atomic E-state index is 12.3. The molecule has 25 heavy (non-hydrogen) atoms. The van der Waals surface area contributed by atoms with E-state index in [2.05, 4.69) is 17.1 Å². The van der Waals surface area contributed by atoms with Crippen LogP contribution in [0.5, 0.6) is 0 Å². The third-order valence-electron chi connectivity index (χ3n) is 4.90. The van der Waals surface area contributed by atoms with Crippen molar-refractivity contribution in [1.82, 2.24) is 15.1 Å². The van der Waals surface area contributed by atoms with Crippen LogP contribution < -0.4 is 5.32 Å². The minimum absolute atomic E-state index is 0.127. The Morgan fingerprint density at radius 1 is 1.16 bits per heavy atom. The standard InChI is InChI=1S/C19H35N3O3/c1-5-21(14-17(23)20-13-15-8-9-15)16-7-6-11-22(12-10-16)18(24)25-19(2,3)4/h15-16H,5-14H2,1-4H3,(H,20,23)/t16-/m1/s1. The fraction of sp³-hybridized carbons (Fsp3) is 0.895. The van der Waals surface area contributed by atoms with Gasteiger partial charge in [-0.25, -0.2) is 4.79 Å². The van der Waals surface area contributed by atoms with Gasteiger partial charge in [-0.05, 0) is 65.3 Å². The molecule has 1 aliphatic carbocycles. The average molecular weight is 354 g/mol. The molecule has 0 aromatic heterocycles. The lowest BCUT2D eigenvalue weighted by Crippen LogP contribution is -2.44. The number of rotatable bonds is 6. The average Bonchev–Trinajstić information content (AvgIpc) is 3.35. The number of hydrogen-bond donors (Lipinski definition) is 1. The number of nitrogens with one attached hydrogen (secondary N) is 1. The predicted molar refractivity (Wildman–Crippen MR) is 98.4 cm³/mol. The lowest BCUT2D eigenvalue weighted by atomic mass is 10.1. The van der Waals surface area contributed by atoms with Crippen LogP contribution in [0.4, 0.5) is 4.79 Å². The zero-order chi connectivity index (χ0) is 18.4. The summed E-state index contributed by atoms with van der Waals surface area (Å²) in [7, 11) is 0. The molecule has 1 N–H and O–H groups in total. The van der Waals surface area contributed by atoms with E-state index in [1.807, 2.05) is 25.7 Å². The molecule has 0 unspecified atom stereocenters. The van der Waals surface area contributed by atoms with E-state index in [9.17, 15) is 9.59 Å². The predicted octanol–water partition coefficient (Wildman–Crippen LogP) is 2.62. The Morgan fingerprint density at radius 3 is 2.48 bits per heavy atom. The molecule has 1 saturated carbocycles. The van der Waals surface area contributed by atoms with E-state index in [0.29, 0.717) is 25.0 Å². The first kappa shape index (κ1) is 20.0. The quantitative estimate of drug-likeness (QED) is 0.797. The van der Waals surface area contributed by atoms with Gasteiger partial charge in [0.05, 0.1) is 6.54 Å². The van der Waals surface area contributed by atoms with Crippen LogP contribution in [0.2, 0.25) is 0 Å². The molecule has 2 aliphatic rings. The molecule has 0 radical (unpaired) electrons. The number of ether oxygens (including phenoxy) is 1. The fourth-order valence-corrected chi connectivity index (χ4v) is 3.27. The molecule has 2 amide bonds. The second kappa shape index (κ2) is 8.88. The maximum atomic E-state index is 12.3. The lowest BCUT2D eigenvalue weighted by molar-refractivity contribution is -0.122. The van der Waals surface area contributed by atoms with E-state index in [1.165, 1.54) is 12.8 Å². The zero-order valence-electron chi connectivity index (χ0n) is 16.3. The van der Waals surface area contributed by atoms with Gasteiger partial charge in [-0.2, -0.15) is 0 Å². The summed E-state index contributed by atoms with van der Waals surface area (Å²) >= 11 is 0. The smallest absolute Gasteiger partial charge is 0.410 e. The van der Waals surface area contributed by atoms with Crippen LogP contribution in [0.3, 0.4) is 0 Å². The molecule has 1 aliphatic heterocycles. The van der Waals surface area contributed by atoms with E-state index in [1.54, 1.807) is 0 Å². The van der Waals surface area contributed by atoms with Gasteiger partial charge in [-0.1, -0.05) is 6.92 Å². The van der Waals surface area contributed by atoms with Gasteiger partial charge in [0.15, 0.2) is 0 Å². The van der Waals surface area contributed by atoms with Crippen molar-refractivity contribution in [2.24, 2.45) is 5.92 Å². The van der Waals surface area contributed by atoms with Crippen molar-refractivity contribution >= 4 is 12.0 Å². The van der Waals surface area contributed by atoms with Crippen LogP contribution in [-0.4, -0.2) is 66.2 Å².